The smallest absolute Gasteiger partial charge is 0.318 e. The number of ether oxygens (including phenoxy) is 5. The number of ketones is 1. The summed E-state index contributed by atoms with van der Waals surface area (Å²) in [6.07, 6.45) is 7.80. The first-order valence-electron chi connectivity index (χ1n) is 23.1. The molecule has 6 rings (SSSR count). The molecule has 0 bridgehead atoms. The third-order valence-electron chi connectivity index (χ3n) is 15.9. The molecule has 5 saturated heterocycles. The van der Waals surface area contributed by atoms with E-state index in [1.54, 1.807) is 11.8 Å². The Morgan fingerprint density at radius 1 is 0.898 bits per heavy atom. The highest BCUT2D eigenvalue weighted by Crippen LogP contribution is 2.54. The number of likely N-dealkylation sites (tertiary alicyclic amines) is 1. The molecule has 6 aliphatic heterocycles. The molecule has 5 fully saturated rings. The molecule has 0 aromatic carbocycles. The minimum atomic E-state index is -1.29. The molecule has 0 saturated carbocycles. The lowest BCUT2D eigenvalue weighted by atomic mass is 9.72. The predicted octanol–water partition coefficient (Wildman–Crippen LogP) is 6.61. The molecule has 13 nitrogen and oxygen atoms in total. The average molecular weight is 833 g/mol. The molecule has 0 unspecified atom stereocenters. The first-order valence-corrected chi connectivity index (χ1v) is 23.1. The van der Waals surface area contributed by atoms with Gasteiger partial charge in [0.15, 0.2) is 11.6 Å². The van der Waals surface area contributed by atoms with Gasteiger partial charge in [-0.05, 0) is 96.0 Å². The van der Waals surface area contributed by atoms with Crippen molar-refractivity contribution in [3.63, 3.8) is 0 Å². The number of carboxylic acids is 1. The van der Waals surface area contributed by atoms with Crippen LogP contribution in [0.2, 0.25) is 0 Å². The fourth-order valence-electron chi connectivity index (χ4n) is 11.4. The van der Waals surface area contributed by atoms with E-state index in [2.05, 4.69) is 26.1 Å². The van der Waals surface area contributed by atoms with Gasteiger partial charge in [0.2, 0.25) is 0 Å². The zero-order valence-corrected chi connectivity index (χ0v) is 37.5. The number of aliphatic hydroxyl groups excluding tert-OH is 1. The van der Waals surface area contributed by atoms with Crippen molar-refractivity contribution in [3.8, 4) is 0 Å². The Bertz CT molecular complexity index is 1540. The summed E-state index contributed by atoms with van der Waals surface area (Å²) in [5.74, 6) is -5.81. The van der Waals surface area contributed by atoms with Gasteiger partial charge in [-0.3, -0.25) is 9.59 Å². The van der Waals surface area contributed by atoms with Crippen molar-refractivity contribution in [1.82, 2.24) is 10.2 Å². The molecule has 59 heavy (non-hydrogen) atoms. The Balaban J connectivity index is 1.23. The number of carbonyl (C=O) groups excluding carboxylic acids is 2. The van der Waals surface area contributed by atoms with Crippen molar-refractivity contribution >= 4 is 17.8 Å². The molecule has 18 atom stereocenters. The maximum Gasteiger partial charge on any atom is 0.318 e. The van der Waals surface area contributed by atoms with Gasteiger partial charge in [-0.15, -0.1) is 0 Å². The number of rotatable bonds is 13. The lowest BCUT2D eigenvalue weighted by Crippen LogP contribution is -2.66. The summed E-state index contributed by atoms with van der Waals surface area (Å²) in [6, 6.07) is -0.784. The van der Waals surface area contributed by atoms with Crippen LogP contribution in [0, 0.1) is 41.4 Å². The van der Waals surface area contributed by atoms with Crippen molar-refractivity contribution in [2.24, 2.45) is 41.4 Å². The van der Waals surface area contributed by atoms with Gasteiger partial charge in [0.25, 0.3) is 0 Å². The quantitative estimate of drug-likeness (QED) is 0.147. The molecule has 4 N–H and O–H groups in total. The molecule has 0 aliphatic carbocycles. The van der Waals surface area contributed by atoms with E-state index in [4.69, 9.17) is 23.7 Å². The van der Waals surface area contributed by atoms with Crippen molar-refractivity contribution in [2.45, 2.75) is 205 Å². The van der Waals surface area contributed by atoms with Crippen molar-refractivity contribution in [3.05, 3.63) is 12.2 Å². The summed E-state index contributed by atoms with van der Waals surface area (Å²) >= 11 is 0. The molecule has 336 valence electrons. The Morgan fingerprint density at radius 3 is 2.19 bits per heavy atom. The zero-order valence-electron chi connectivity index (χ0n) is 37.5. The lowest BCUT2D eigenvalue weighted by molar-refractivity contribution is -0.398. The second-order valence-electron chi connectivity index (χ2n) is 19.7. The van der Waals surface area contributed by atoms with Crippen LogP contribution in [-0.2, 0) is 33.3 Å². The number of amides is 2. The molecule has 0 aromatic heterocycles. The van der Waals surface area contributed by atoms with Gasteiger partial charge < -0.3 is 49.2 Å². The SMILES string of the molecule is CC[C@@H](C(=O)[C@@H](C)[C@@H](O)[C@H](C)[C@@H]1O[C@@H]([C@@H](CC)C(=O)O)CC[C@@H]1C)[C@H]1O[C@]2(C=C[C@@H](NC(=O)N3CCC3)[C@]3(CC[C@@](C)([C@H]4CC[C@](O)(CC)[C@H](C)O4)O3)O2)[C@H](C)C[C@@H]1C. The summed E-state index contributed by atoms with van der Waals surface area (Å²) in [6.45, 7) is 21.1. The van der Waals surface area contributed by atoms with E-state index in [9.17, 15) is 29.7 Å². The van der Waals surface area contributed by atoms with Gasteiger partial charge in [0.05, 0.1) is 53.7 Å². The third kappa shape index (κ3) is 8.78. The molecular weight excluding hydrogens is 757 g/mol. The largest absolute Gasteiger partial charge is 0.481 e. The normalized spacial score (nSPS) is 43.7. The van der Waals surface area contributed by atoms with Gasteiger partial charge in [-0.2, -0.15) is 0 Å². The number of carbonyl (C=O) groups is 3. The van der Waals surface area contributed by atoms with Crippen LogP contribution >= 0.6 is 0 Å². The van der Waals surface area contributed by atoms with Crippen LogP contribution in [0.25, 0.3) is 0 Å². The maximum absolute atomic E-state index is 14.6. The van der Waals surface area contributed by atoms with E-state index >= 15 is 0 Å². The summed E-state index contributed by atoms with van der Waals surface area (Å²) in [4.78, 5) is 41.9. The molecule has 0 radical (unpaired) electrons. The summed E-state index contributed by atoms with van der Waals surface area (Å²) in [7, 11) is 0. The van der Waals surface area contributed by atoms with E-state index in [1.807, 2.05) is 53.7 Å². The van der Waals surface area contributed by atoms with Crippen molar-refractivity contribution < 1.29 is 53.4 Å². The van der Waals surface area contributed by atoms with E-state index in [-0.39, 0.29) is 47.9 Å². The van der Waals surface area contributed by atoms with Crippen LogP contribution in [0.3, 0.4) is 0 Å². The molecule has 6 heterocycles. The van der Waals surface area contributed by atoms with Gasteiger partial charge in [-0.25, -0.2) is 4.79 Å². The first kappa shape index (κ1) is 46.4. The maximum atomic E-state index is 14.6. The summed E-state index contributed by atoms with van der Waals surface area (Å²) < 4.78 is 34.5. The zero-order chi connectivity index (χ0) is 43.2. The highest BCUT2D eigenvalue weighted by atomic mass is 16.8. The highest BCUT2D eigenvalue weighted by Gasteiger charge is 2.63. The van der Waals surface area contributed by atoms with Crippen LogP contribution in [-0.4, -0.2) is 117 Å². The number of aliphatic carboxylic acids is 1. The number of hydrogen-bond donors (Lipinski definition) is 4. The Kier molecular flexibility index (Phi) is 14.1. The van der Waals surface area contributed by atoms with Gasteiger partial charge >= 0.3 is 12.0 Å². The Hall–Kier alpha value is -2.13. The highest BCUT2D eigenvalue weighted by molar-refractivity contribution is 5.84. The first-order chi connectivity index (χ1) is 27.8. The molecule has 6 aliphatic rings. The van der Waals surface area contributed by atoms with Crippen molar-refractivity contribution in [1.29, 1.82) is 0 Å². The van der Waals surface area contributed by atoms with E-state index in [0.717, 1.165) is 12.8 Å². The van der Waals surface area contributed by atoms with Crippen LogP contribution in [0.5, 0.6) is 0 Å². The number of Topliss-reactive ketones (excluding diaryl/α,β-unsaturated/α-hetero) is 1. The fourth-order valence-corrected chi connectivity index (χ4v) is 11.4. The van der Waals surface area contributed by atoms with Crippen LogP contribution in [0.15, 0.2) is 12.2 Å². The van der Waals surface area contributed by atoms with E-state index < -0.39 is 76.8 Å². The minimum Gasteiger partial charge on any atom is -0.481 e. The van der Waals surface area contributed by atoms with Crippen LogP contribution in [0.1, 0.15) is 140 Å². The predicted molar refractivity (Wildman–Crippen MR) is 221 cm³/mol. The monoisotopic (exact) mass is 833 g/mol. The molecule has 2 spiro atoms. The Morgan fingerprint density at radius 2 is 1.59 bits per heavy atom. The molecule has 13 heteroatoms. The average Bonchev–Trinajstić information content (AvgIpc) is 3.52. The standard InChI is InChI=1S/C46H76N2O11/c1-11-32(41(51)52)34-16-15-26(4)39(56-34)30(8)37(49)29(7)38(50)33(12-2)40-27(5)25-28(6)45(57-40)20-17-35(47-42(53)48-23-14-24-48)46(59-45)22-21-43(10,58-46)36-18-19-44(54,13-3)31(9)55-36/h17,20,26-37,39-40,49,54H,11-16,18-19,21-25H2,1-10H3,(H,47,53)(H,51,52)/t26-,27-,28+,29-,30-,31-,32+,33-,34+,35+,36+,37+,39+,40-,43-,44+,45-,46-/m0/s1. The molecule has 0 aromatic rings. The number of urea groups is 1. The lowest BCUT2D eigenvalue weighted by Gasteiger charge is -2.55. The van der Waals surface area contributed by atoms with Crippen LogP contribution < -0.4 is 5.32 Å². The van der Waals surface area contributed by atoms with Gasteiger partial charge in [0, 0.05) is 43.2 Å². The Labute approximate surface area is 352 Å². The van der Waals surface area contributed by atoms with Crippen LogP contribution in [0.4, 0.5) is 4.79 Å². The third-order valence-corrected chi connectivity index (χ3v) is 15.9. The number of carboxylic acid groups (broad SMARTS) is 1. The number of aliphatic hydroxyl groups is 2. The number of hydrogen-bond acceptors (Lipinski definition) is 10. The number of nitrogens with one attached hydrogen (secondary N) is 1. The van der Waals surface area contributed by atoms with Crippen molar-refractivity contribution in [2.75, 3.05) is 13.1 Å². The fraction of sp³-hybridized carbons (Fsp3) is 0.891. The van der Waals surface area contributed by atoms with Gasteiger partial charge in [-0.1, -0.05) is 61.5 Å². The second-order valence-corrected chi connectivity index (χ2v) is 19.7. The van der Waals surface area contributed by atoms with E-state index in [1.165, 1.54) is 0 Å². The topological polar surface area (TPSA) is 173 Å². The van der Waals surface area contributed by atoms with E-state index in [0.29, 0.717) is 70.9 Å². The molecule has 2 amide bonds. The van der Waals surface area contributed by atoms with Gasteiger partial charge in [0.1, 0.15) is 11.8 Å². The minimum absolute atomic E-state index is 0.00302. The second kappa shape index (κ2) is 17.9. The number of nitrogens with zero attached hydrogens (tertiary/aromatic N) is 1. The molecular formula is C46H76N2O11. The summed E-state index contributed by atoms with van der Waals surface area (Å²) in [5, 5.41) is 36.1. The summed E-state index contributed by atoms with van der Waals surface area (Å²) in [5.41, 5.74) is -1.67.